The maximum Gasteiger partial charge on any atom is 0.325 e. The lowest BCUT2D eigenvalue weighted by Gasteiger charge is -2.12. The van der Waals surface area contributed by atoms with Crippen LogP contribution in [0.2, 0.25) is 0 Å². The van der Waals surface area contributed by atoms with Gasteiger partial charge in [0, 0.05) is 6.42 Å². The lowest BCUT2D eigenvalue weighted by molar-refractivity contribution is -0.143. The van der Waals surface area contributed by atoms with Gasteiger partial charge in [0.05, 0.1) is 6.61 Å². The van der Waals surface area contributed by atoms with Crippen molar-refractivity contribution in [2.24, 2.45) is 11.7 Å². The van der Waals surface area contributed by atoms with Crippen LogP contribution in [0.1, 0.15) is 39.5 Å². The second kappa shape index (κ2) is 10.1. The summed E-state index contributed by atoms with van der Waals surface area (Å²) in [6, 6.07) is 0. The molecular formula is C12H24N2O3. The highest BCUT2D eigenvalue weighted by atomic mass is 16.5. The zero-order valence-electron chi connectivity index (χ0n) is 10.8. The predicted octanol–water partition coefficient (Wildman–Crippen LogP) is 0.821. The van der Waals surface area contributed by atoms with Crippen molar-refractivity contribution in [3.63, 3.8) is 0 Å². The van der Waals surface area contributed by atoms with Crippen molar-refractivity contribution < 1.29 is 14.3 Å². The lowest BCUT2D eigenvalue weighted by Crippen LogP contribution is -2.30. The summed E-state index contributed by atoms with van der Waals surface area (Å²) in [4.78, 5) is 22.4. The molecule has 0 radical (unpaired) electrons. The summed E-state index contributed by atoms with van der Waals surface area (Å²) in [6.45, 7) is 4.78. The van der Waals surface area contributed by atoms with Crippen molar-refractivity contribution in [1.29, 1.82) is 0 Å². The quantitative estimate of drug-likeness (QED) is 0.588. The molecule has 100 valence electrons. The largest absolute Gasteiger partial charge is 0.465 e. The Kier molecular flexibility index (Phi) is 9.43. The fourth-order valence-corrected chi connectivity index (χ4v) is 1.59. The van der Waals surface area contributed by atoms with Crippen LogP contribution in [0.5, 0.6) is 0 Å². The highest BCUT2D eigenvalue weighted by Gasteiger charge is 2.10. The van der Waals surface area contributed by atoms with E-state index >= 15 is 0 Å². The average molecular weight is 244 g/mol. The highest BCUT2D eigenvalue weighted by molar-refractivity contribution is 5.81. The fraction of sp³-hybridized carbons (Fsp3) is 0.833. The summed E-state index contributed by atoms with van der Waals surface area (Å²) in [6.07, 6.45) is 3.24. The molecule has 0 heterocycles. The molecule has 0 rings (SSSR count). The van der Waals surface area contributed by atoms with Gasteiger partial charge in [-0.25, -0.2) is 0 Å². The van der Waals surface area contributed by atoms with Crippen molar-refractivity contribution in [2.45, 2.75) is 39.5 Å². The first-order valence-electron chi connectivity index (χ1n) is 6.26. The van der Waals surface area contributed by atoms with Gasteiger partial charge in [-0.05, 0) is 32.2 Å². The van der Waals surface area contributed by atoms with Crippen molar-refractivity contribution in [1.82, 2.24) is 5.32 Å². The minimum atomic E-state index is -0.394. The predicted molar refractivity (Wildman–Crippen MR) is 66.3 cm³/mol. The van der Waals surface area contributed by atoms with Crippen molar-refractivity contribution in [3.8, 4) is 0 Å². The van der Waals surface area contributed by atoms with Gasteiger partial charge in [0.2, 0.25) is 5.91 Å². The molecule has 0 bridgehead atoms. The first-order valence-corrected chi connectivity index (χ1v) is 6.26. The van der Waals surface area contributed by atoms with Crippen LogP contribution in [0.3, 0.4) is 0 Å². The summed E-state index contributed by atoms with van der Waals surface area (Å²) in [7, 11) is 0. The zero-order valence-corrected chi connectivity index (χ0v) is 10.8. The van der Waals surface area contributed by atoms with Gasteiger partial charge < -0.3 is 15.8 Å². The number of ether oxygens (including phenoxy) is 1. The van der Waals surface area contributed by atoms with E-state index in [0.29, 0.717) is 25.5 Å². The standard InChI is InChI=1S/C12H24N2O3/c1-3-10(7-8-13)5-6-11(15)14-9-12(16)17-4-2/h10H,3-9,13H2,1-2H3,(H,14,15). The lowest BCUT2D eigenvalue weighted by atomic mass is 9.96. The van der Waals surface area contributed by atoms with Gasteiger partial charge in [-0.1, -0.05) is 13.3 Å². The number of nitrogens with one attached hydrogen (secondary N) is 1. The normalized spacial score (nSPS) is 11.9. The Morgan fingerprint density at radius 1 is 1.29 bits per heavy atom. The Bertz CT molecular complexity index is 232. The first kappa shape index (κ1) is 15.9. The Balaban J connectivity index is 3.67. The Morgan fingerprint density at radius 3 is 2.53 bits per heavy atom. The summed E-state index contributed by atoms with van der Waals surface area (Å²) in [5, 5.41) is 2.54. The van der Waals surface area contributed by atoms with Gasteiger partial charge in [0.25, 0.3) is 0 Å². The van der Waals surface area contributed by atoms with Crippen LogP contribution in [0.25, 0.3) is 0 Å². The second-order valence-corrected chi connectivity index (χ2v) is 3.97. The van der Waals surface area contributed by atoms with Crippen molar-refractivity contribution >= 4 is 11.9 Å². The molecule has 17 heavy (non-hydrogen) atoms. The number of hydrogen-bond donors (Lipinski definition) is 2. The fourth-order valence-electron chi connectivity index (χ4n) is 1.59. The van der Waals surface area contributed by atoms with E-state index in [1.165, 1.54) is 0 Å². The van der Waals surface area contributed by atoms with Crippen molar-refractivity contribution in [2.75, 3.05) is 19.7 Å². The van der Waals surface area contributed by atoms with Crippen LogP contribution in [0.15, 0.2) is 0 Å². The van der Waals surface area contributed by atoms with Gasteiger partial charge in [0.15, 0.2) is 0 Å². The van der Waals surface area contributed by atoms with E-state index in [0.717, 1.165) is 19.3 Å². The van der Waals surface area contributed by atoms with E-state index in [-0.39, 0.29) is 12.5 Å². The maximum absolute atomic E-state index is 11.4. The zero-order chi connectivity index (χ0) is 13.1. The van der Waals surface area contributed by atoms with Crippen LogP contribution in [-0.4, -0.2) is 31.6 Å². The molecule has 5 heteroatoms. The van der Waals surface area contributed by atoms with Crippen LogP contribution in [0.4, 0.5) is 0 Å². The van der Waals surface area contributed by atoms with Crippen LogP contribution in [-0.2, 0) is 14.3 Å². The van der Waals surface area contributed by atoms with Crippen LogP contribution < -0.4 is 11.1 Å². The molecule has 0 fully saturated rings. The summed E-state index contributed by atoms with van der Waals surface area (Å²) < 4.78 is 4.71. The molecule has 0 aromatic heterocycles. The first-order chi connectivity index (χ1) is 8.13. The molecular weight excluding hydrogens is 220 g/mol. The van der Waals surface area contributed by atoms with Gasteiger partial charge in [-0.3, -0.25) is 9.59 Å². The smallest absolute Gasteiger partial charge is 0.325 e. The van der Waals surface area contributed by atoms with E-state index < -0.39 is 5.97 Å². The molecule has 1 amide bonds. The number of carbonyl (C=O) groups excluding carboxylic acids is 2. The maximum atomic E-state index is 11.4. The Hall–Kier alpha value is -1.10. The summed E-state index contributed by atoms with van der Waals surface area (Å²) in [5.74, 6) is -0.00304. The third-order valence-electron chi connectivity index (χ3n) is 2.67. The number of nitrogens with two attached hydrogens (primary N) is 1. The number of amides is 1. The number of esters is 1. The minimum Gasteiger partial charge on any atom is -0.465 e. The number of hydrogen-bond acceptors (Lipinski definition) is 4. The average Bonchev–Trinajstić information content (AvgIpc) is 2.32. The summed E-state index contributed by atoms with van der Waals surface area (Å²) >= 11 is 0. The molecule has 0 saturated carbocycles. The highest BCUT2D eigenvalue weighted by Crippen LogP contribution is 2.14. The topological polar surface area (TPSA) is 81.4 Å². The third-order valence-corrected chi connectivity index (χ3v) is 2.67. The summed E-state index contributed by atoms with van der Waals surface area (Å²) in [5.41, 5.74) is 5.48. The van der Waals surface area contributed by atoms with Gasteiger partial charge in [0.1, 0.15) is 6.54 Å². The van der Waals surface area contributed by atoms with Gasteiger partial charge in [-0.2, -0.15) is 0 Å². The number of rotatable bonds is 9. The molecule has 0 aromatic carbocycles. The molecule has 0 aromatic rings. The van der Waals surface area contributed by atoms with E-state index in [1.807, 2.05) is 0 Å². The molecule has 0 aliphatic heterocycles. The molecule has 3 N–H and O–H groups in total. The SMILES string of the molecule is CCOC(=O)CNC(=O)CCC(CC)CCN. The molecule has 0 spiro atoms. The van der Waals surface area contributed by atoms with Gasteiger partial charge >= 0.3 is 5.97 Å². The molecule has 0 aliphatic rings. The van der Waals surface area contributed by atoms with Crippen molar-refractivity contribution in [3.05, 3.63) is 0 Å². The molecule has 1 atom stereocenters. The molecule has 0 aliphatic carbocycles. The monoisotopic (exact) mass is 244 g/mol. The number of carbonyl (C=O) groups is 2. The molecule has 0 saturated heterocycles. The van der Waals surface area contributed by atoms with E-state index in [4.69, 9.17) is 10.5 Å². The van der Waals surface area contributed by atoms with E-state index in [2.05, 4.69) is 12.2 Å². The third kappa shape index (κ3) is 8.68. The Morgan fingerprint density at radius 2 is 2.00 bits per heavy atom. The molecule has 5 nitrogen and oxygen atoms in total. The molecule has 1 unspecified atom stereocenters. The van der Waals surface area contributed by atoms with Crippen LogP contribution >= 0.6 is 0 Å². The Labute approximate surface area is 103 Å². The van der Waals surface area contributed by atoms with Gasteiger partial charge in [-0.15, -0.1) is 0 Å². The van der Waals surface area contributed by atoms with E-state index in [1.54, 1.807) is 6.92 Å². The van der Waals surface area contributed by atoms with Crippen LogP contribution in [0, 0.1) is 5.92 Å². The second-order valence-electron chi connectivity index (χ2n) is 3.97. The van der Waals surface area contributed by atoms with E-state index in [9.17, 15) is 9.59 Å². The minimum absolute atomic E-state index is 0.0413.